The molecule has 1 N–H and O–H groups in total. The number of nitrogens with one attached hydrogen (secondary N) is 1. The Bertz CT molecular complexity index is 1300. The smallest absolute Gasteiger partial charge is 0.255 e. The van der Waals surface area contributed by atoms with Crippen molar-refractivity contribution in [3.05, 3.63) is 70.3 Å². The predicted octanol–water partition coefficient (Wildman–Crippen LogP) is 3.93. The van der Waals surface area contributed by atoms with Crippen molar-refractivity contribution in [1.82, 2.24) is 25.1 Å². The van der Waals surface area contributed by atoms with E-state index in [0.717, 1.165) is 40.4 Å². The van der Waals surface area contributed by atoms with Crippen molar-refractivity contribution in [2.75, 3.05) is 6.79 Å². The molecule has 1 aliphatic heterocycles. The van der Waals surface area contributed by atoms with Crippen LogP contribution in [0.2, 0.25) is 0 Å². The normalized spacial score (nSPS) is 14.5. The van der Waals surface area contributed by atoms with Crippen LogP contribution in [0.1, 0.15) is 39.7 Å². The zero-order chi connectivity index (χ0) is 21.5. The molecule has 6 rings (SSSR count). The first-order chi connectivity index (χ1) is 15.8. The average Bonchev–Trinajstić information content (AvgIpc) is 3.23. The lowest BCUT2D eigenvalue weighted by Crippen LogP contribution is -2.23. The summed E-state index contributed by atoms with van der Waals surface area (Å²) in [7, 11) is 0. The van der Waals surface area contributed by atoms with Gasteiger partial charge in [-0.2, -0.15) is 5.10 Å². The molecular formula is C23H19N5O3S. The summed E-state index contributed by atoms with van der Waals surface area (Å²) in [6.07, 6.45) is 5.38. The quantitative estimate of drug-likeness (QED) is 0.484. The van der Waals surface area contributed by atoms with Gasteiger partial charge in [-0.15, -0.1) is 11.3 Å². The first-order valence-corrected chi connectivity index (χ1v) is 11.3. The molecule has 0 bridgehead atoms. The van der Waals surface area contributed by atoms with E-state index < -0.39 is 0 Å². The number of aromatic nitrogens is 4. The number of benzene rings is 1. The Morgan fingerprint density at radius 2 is 2.09 bits per heavy atom. The molecule has 4 aromatic rings. The van der Waals surface area contributed by atoms with Crippen LogP contribution in [0.25, 0.3) is 17.2 Å². The number of carbonyl (C=O) groups is 1. The molecule has 0 spiro atoms. The van der Waals surface area contributed by atoms with Crippen LogP contribution >= 0.6 is 11.3 Å². The van der Waals surface area contributed by atoms with E-state index in [2.05, 4.69) is 15.4 Å². The lowest BCUT2D eigenvalue weighted by atomic mass is 10.1. The van der Waals surface area contributed by atoms with Gasteiger partial charge in [-0.3, -0.25) is 4.79 Å². The third kappa shape index (κ3) is 3.50. The molecule has 1 aromatic carbocycles. The van der Waals surface area contributed by atoms with Crippen molar-refractivity contribution in [3.8, 4) is 28.7 Å². The Morgan fingerprint density at radius 1 is 1.19 bits per heavy atom. The van der Waals surface area contributed by atoms with E-state index in [-0.39, 0.29) is 18.6 Å². The van der Waals surface area contributed by atoms with E-state index in [9.17, 15) is 4.79 Å². The number of amides is 1. The largest absolute Gasteiger partial charge is 0.454 e. The number of nitrogens with zero attached hydrogens (tertiary/aromatic N) is 4. The number of hydrogen-bond donors (Lipinski definition) is 1. The molecule has 0 saturated heterocycles. The van der Waals surface area contributed by atoms with Gasteiger partial charge in [-0.1, -0.05) is 6.07 Å². The molecule has 1 amide bonds. The molecule has 0 radical (unpaired) electrons. The topological polar surface area (TPSA) is 91.2 Å². The second kappa shape index (κ2) is 7.76. The Kier molecular flexibility index (Phi) is 4.61. The molecule has 32 heavy (non-hydrogen) atoms. The summed E-state index contributed by atoms with van der Waals surface area (Å²) < 4.78 is 12.6. The number of carbonyl (C=O) groups excluding carboxylic acids is 1. The molecule has 3 aromatic heterocycles. The van der Waals surface area contributed by atoms with Gasteiger partial charge in [0.05, 0.1) is 29.7 Å². The van der Waals surface area contributed by atoms with E-state index in [0.29, 0.717) is 23.8 Å². The molecule has 1 aliphatic carbocycles. The van der Waals surface area contributed by atoms with Crippen molar-refractivity contribution in [3.63, 3.8) is 0 Å². The fourth-order valence-corrected chi connectivity index (χ4v) is 4.43. The predicted molar refractivity (Wildman–Crippen MR) is 118 cm³/mol. The highest BCUT2D eigenvalue weighted by molar-refractivity contribution is 7.09. The Labute approximate surface area is 187 Å². The van der Waals surface area contributed by atoms with Crippen LogP contribution in [-0.4, -0.2) is 32.4 Å². The lowest BCUT2D eigenvalue weighted by Gasteiger charge is -2.09. The first kappa shape index (κ1) is 19.0. The van der Waals surface area contributed by atoms with E-state index >= 15 is 0 Å². The van der Waals surface area contributed by atoms with E-state index in [1.54, 1.807) is 28.4 Å². The number of rotatable bonds is 6. The van der Waals surface area contributed by atoms with Gasteiger partial charge in [0.15, 0.2) is 11.5 Å². The summed E-state index contributed by atoms with van der Waals surface area (Å²) in [6, 6.07) is 11.5. The minimum atomic E-state index is -0.126. The minimum Gasteiger partial charge on any atom is -0.454 e. The summed E-state index contributed by atoms with van der Waals surface area (Å²) in [5.74, 6) is 2.03. The molecule has 0 unspecified atom stereocenters. The van der Waals surface area contributed by atoms with Gasteiger partial charge in [0.25, 0.3) is 11.9 Å². The van der Waals surface area contributed by atoms with Crippen LogP contribution in [0.3, 0.4) is 0 Å². The SMILES string of the molecule is O=C(NCc1cccs1)c1cnn(-c2nccc(-c3ccc4c(c3)OCO4)n2)c1C1CC1. The highest BCUT2D eigenvalue weighted by Gasteiger charge is 2.33. The molecule has 0 atom stereocenters. The summed E-state index contributed by atoms with van der Waals surface area (Å²) in [5.41, 5.74) is 3.10. The van der Waals surface area contributed by atoms with Gasteiger partial charge in [0.2, 0.25) is 6.79 Å². The van der Waals surface area contributed by atoms with Crippen molar-refractivity contribution in [1.29, 1.82) is 0 Å². The summed E-state index contributed by atoms with van der Waals surface area (Å²) in [5, 5.41) is 9.50. The highest BCUT2D eigenvalue weighted by Crippen LogP contribution is 2.42. The van der Waals surface area contributed by atoms with Crippen molar-refractivity contribution < 1.29 is 14.3 Å². The standard InChI is InChI=1S/C23H19N5O3S/c29-22(25-11-16-2-1-9-32-16)17-12-26-28(21(17)14-3-4-14)23-24-8-7-18(27-23)15-5-6-19-20(10-15)31-13-30-19/h1-2,5-10,12,14H,3-4,11,13H2,(H,25,29). The van der Waals surface area contributed by atoms with Crippen molar-refractivity contribution >= 4 is 17.2 Å². The lowest BCUT2D eigenvalue weighted by molar-refractivity contribution is 0.0950. The molecular weight excluding hydrogens is 426 g/mol. The zero-order valence-corrected chi connectivity index (χ0v) is 17.8. The fourth-order valence-electron chi connectivity index (χ4n) is 3.78. The summed E-state index contributed by atoms with van der Waals surface area (Å²) in [4.78, 5) is 23.2. The van der Waals surface area contributed by atoms with E-state index in [1.807, 2.05) is 41.8 Å². The van der Waals surface area contributed by atoms with Crippen molar-refractivity contribution in [2.24, 2.45) is 0 Å². The number of fused-ring (bicyclic) bond motifs is 1. The second-order valence-corrected chi connectivity index (χ2v) is 8.73. The summed E-state index contributed by atoms with van der Waals surface area (Å²) in [6.45, 7) is 0.727. The summed E-state index contributed by atoms with van der Waals surface area (Å²) >= 11 is 1.62. The van der Waals surface area contributed by atoms with Crippen molar-refractivity contribution in [2.45, 2.75) is 25.3 Å². The van der Waals surface area contributed by atoms with Gasteiger partial charge in [-0.05, 0) is 48.6 Å². The third-order valence-corrected chi connectivity index (χ3v) is 6.40. The van der Waals surface area contributed by atoms with Gasteiger partial charge < -0.3 is 14.8 Å². The average molecular weight is 446 g/mol. The molecule has 1 fully saturated rings. The Balaban J connectivity index is 1.31. The molecule has 9 heteroatoms. The van der Waals surface area contributed by atoms with E-state index in [4.69, 9.17) is 14.5 Å². The van der Waals surface area contributed by atoms with Crippen LogP contribution in [0.15, 0.2) is 54.2 Å². The first-order valence-electron chi connectivity index (χ1n) is 10.4. The van der Waals surface area contributed by atoms with Crippen LogP contribution in [-0.2, 0) is 6.54 Å². The van der Waals surface area contributed by atoms with Crippen LogP contribution in [0.4, 0.5) is 0 Å². The zero-order valence-electron chi connectivity index (χ0n) is 17.0. The van der Waals surface area contributed by atoms with Crippen LogP contribution < -0.4 is 14.8 Å². The van der Waals surface area contributed by atoms with E-state index in [1.165, 1.54) is 0 Å². The monoisotopic (exact) mass is 445 g/mol. The maximum absolute atomic E-state index is 12.9. The molecule has 1 saturated carbocycles. The molecule has 4 heterocycles. The van der Waals surface area contributed by atoms with Gasteiger partial charge in [-0.25, -0.2) is 14.6 Å². The third-order valence-electron chi connectivity index (χ3n) is 5.52. The van der Waals surface area contributed by atoms with Gasteiger partial charge in [0, 0.05) is 22.6 Å². The van der Waals surface area contributed by atoms with Gasteiger partial charge >= 0.3 is 0 Å². The number of hydrogen-bond acceptors (Lipinski definition) is 7. The highest BCUT2D eigenvalue weighted by atomic mass is 32.1. The van der Waals surface area contributed by atoms with Gasteiger partial charge in [0.1, 0.15) is 0 Å². The van der Waals surface area contributed by atoms with Crippen LogP contribution in [0.5, 0.6) is 11.5 Å². The molecule has 2 aliphatic rings. The number of thiophene rings is 1. The second-order valence-electron chi connectivity index (χ2n) is 7.70. The Hall–Kier alpha value is -3.72. The Morgan fingerprint density at radius 3 is 2.94 bits per heavy atom. The molecule has 160 valence electrons. The molecule has 8 nitrogen and oxygen atoms in total. The minimum absolute atomic E-state index is 0.126. The maximum Gasteiger partial charge on any atom is 0.255 e. The number of ether oxygens (including phenoxy) is 2. The fraction of sp³-hybridized carbons (Fsp3) is 0.217. The maximum atomic E-state index is 12.9. The van der Waals surface area contributed by atoms with Crippen LogP contribution in [0, 0.1) is 0 Å².